The zero-order valence-corrected chi connectivity index (χ0v) is 17.9. The highest BCUT2D eigenvalue weighted by Gasteiger charge is 2.21. The first-order valence-corrected chi connectivity index (χ1v) is 10.7. The summed E-state index contributed by atoms with van der Waals surface area (Å²) < 4.78 is 37.1. The highest BCUT2D eigenvalue weighted by atomic mass is 32.2. The lowest BCUT2D eigenvalue weighted by Gasteiger charge is -2.19. The van der Waals surface area contributed by atoms with Gasteiger partial charge in [-0.05, 0) is 30.3 Å². The number of methoxy groups -OCH3 is 2. The van der Waals surface area contributed by atoms with Crippen molar-refractivity contribution < 1.29 is 22.7 Å². The summed E-state index contributed by atoms with van der Waals surface area (Å²) in [6, 6.07) is 11.5. The monoisotopic (exact) mass is 421 g/mol. The van der Waals surface area contributed by atoms with Crippen molar-refractivity contribution in [1.29, 1.82) is 0 Å². The Morgan fingerprint density at radius 2 is 1.76 bits per heavy atom. The smallest absolute Gasteiger partial charge is 0.243 e. The number of hydrogen-bond donors (Lipinski definition) is 2. The summed E-state index contributed by atoms with van der Waals surface area (Å²) in [5.74, 6) is 0.791. The third kappa shape index (κ3) is 5.61. The molecule has 158 valence electrons. The van der Waals surface area contributed by atoms with Crippen LogP contribution in [0.1, 0.15) is 13.8 Å². The van der Waals surface area contributed by atoms with Crippen LogP contribution in [0, 0.1) is 0 Å². The molecule has 0 aliphatic heterocycles. The largest absolute Gasteiger partial charge is 0.497 e. The van der Waals surface area contributed by atoms with Crippen LogP contribution >= 0.6 is 0 Å². The molecule has 0 saturated carbocycles. The summed E-state index contributed by atoms with van der Waals surface area (Å²) in [6.45, 7) is 4.33. The van der Waals surface area contributed by atoms with Crippen LogP contribution in [0.2, 0.25) is 0 Å². The third-order valence-corrected chi connectivity index (χ3v) is 6.36. The summed E-state index contributed by atoms with van der Waals surface area (Å²) in [7, 11) is -0.510. The molecule has 0 bridgehead atoms. The number of amides is 1. The van der Waals surface area contributed by atoms with Crippen LogP contribution in [0.3, 0.4) is 0 Å². The fourth-order valence-corrected chi connectivity index (χ4v) is 4.26. The quantitative estimate of drug-likeness (QED) is 0.612. The zero-order chi connectivity index (χ0) is 21.4. The van der Waals surface area contributed by atoms with Gasteiger partial charge in [0.05, 0.1) is 31.3 Å². The molecule has 2 aromatic rings. The highest BCUT2D eigenvalue weighted by Crippen LogP contribution is 2.29. The van der Waals surface area contributed by atoms with Crippen molar-refractivity contribution in [3.63, 3.8) is 0 Å². The predicted molar refractivity (Wildman–Crippen MR) is 113 cm³/mol. The van der Waals surface area contributed by atoms with Gasteiger partial charge >= 0.3 is 0 Å². The van der Waals surface area contributed by atoms with Gasteiger partial charge in [-0.15, -0.1) is 0 Å². The average Bonchev–Trinajstić information content (AvgIpc) is 2.73. The van der Waals surface area contributed by atoms with Crippen LogP contribution in [0.15, 0.2) is 47.4 Å². The van der Waals surface area contributed by atoms with Crippen molar-refractivity contribution in [2.24, 2.45) is 0 Å². The van der Waals surface area contributed by atoms with E-state index >= 15 is 0 Å². The SMILES string of the molecule is CCN(CC)S(=O)(=O)c1cccc(NCC(=O)Nc2ccc(OC)cc2OC)c1. The summed E-state index contributed by atoms with van der Waals surface area (Å²) in [5, 5.41) is 5.71. The van der Waals surface area contributed by atoms with Crippen LogP contribution in [0.4, 0.5) is 11.4 Å². The van der Waals surface area contributed by atoms with E-state index in [-0.39, 0.29) is 17.3 Å². The number of carbonyl (C=O) groups is 1. The minimum atomic E-state index is -3.56. The van der Waals surface area contributed by atoms with E-state index in [9.17, 15) is 13.2 Å². The number of nitrogens with zero attached hydrogens (tertiary/aromatic N) is 1. The second kappa shape index (κ2) is 10.1. The molecule has 8 nitrogen and oxygen atoms in total. The lowest BCUT2D eigenvalue weighted by atomic mass is 10.2. The standard InChI is InChI=1S/C20H27N3O5S/c1-5-23(6-2)29(25,26)17-9-7-8-15(12-17)21-14-20(24)22-18-11-10-16(27-3)13-19(18)28-4/h7-13,21H,5-6,14H2,1-4H3,(H,22,24). The number of benzene rings is 2. The molecule has 2 N–H and O–H groups in total. The molecule has 2 aromatic carbocycles. The lowest BCUT2D eigenvalue weighted by Crippen LogP contribution is -2.30. The molecule has 0 heterocycles. The van der Waals surface area contributed by atoms with Gasteiger partial charge in [-0.3, -0.25) is 4.79 Å². The van der Waals surface area contributed by atoms with Gasteiger partial charge in [-0.1, -0.05) is 19.9 Å². The van der Waals surface area contributed by atoms with Gasteiger partial charge < -0.3 is 20.1 Å². The molecule has 0 aromatic heterocycles. The van der Waals surface area contributed by atoms with Crippen LogP contribution in [0.25, 0.3) is 0 Å². The summed E-state index contributed by atoms with van der Waals surface area (Å²) in [5.41, 5.74) is 1.05. The van der Waals surface area contributed by atoms with Crippen molar-refractivity contribution in [3.8, 4) is 11.5 Å². The fraction of sp³-hybridized carbons (Fsp3) is 0.350. The van der Waals surface area contributed by atoms with Crippen LogP contribution < -0.4 is 20.1 Å². The molecule has 0 radical (unpaired) electrons. The Hall–Kier alpha value is -2.78. The molecule has 0 atom stereocenters. The van der Waals surface area contributed by atoms with Gasteiger partial charge in [-0.25, -0.2) is 8.42 Å². The van der Waals surface area contributed by atoms with E-state index in [2.05, 4.69) is 10.6 Å². The summed E-state index contributed by atoms with van der Waals surface area (Å²) in [6.07, 6.45) is 0. The second-order valence-electron chi connectivity index (χ2n) is 6.09. The maximum absolute atomic E-state index is 12.6. The first kappa shape index (κ1) is 22.5. The fourth-order valence-electron chi connectivity index (χ4n) is 2.76. The van der Waals surface area contributed by atoms with Crippen LogP contribution in [-0.4, -0.2) is 52.5 Å². The molecule has 0 saturated heterocycles. The Labute approximate surface area is 171 Å². The minimum absolute atomic E-state index is 0.0377. The first-order valence-electron chi connectivity index (χ1n) is 9.21. The lowest BCUT2D eigenvalue weighted by molar-refractivity contribution is -0.114. The second-order valence-corrected chi connectivity index (χ2v) is 8.02. The molecule has 0 unspecified atom stereocenters. The first-order chi connectivity index (χ1) is 13.8. The van der Waals surface area contributed by atoms with E-state index < -0.39 is 10.0 Å². The van der Waals surface area contributed by atoms with Gasteiger partial charge in [0.25, 0.3) is 0 Å². The Balaban J connectivity index is 2.06. The normalized spacial score (nSPS) is 11.2. The molecule has 9 heteroatoms. The van der Waals surface area contributed by atoms with Gasteiger partial charge in [0.15, 0.2) is 0 Å². The molecule has 0 aliphatic rings. The van der Waals surface area contributed by atoms with Gasteiger partial charge in [0.1, 0.15) is 11.5 Å². The van der Waals surface area contributed by atoms with Crippen molar-refractivity contribution in [1.82, 2.24) is 4.31 Å². The Bertz CT molecular complexity index is 943. The van der Waals surface area contributed by atoms with E-state index in [1.807, 2.05) is 0 Å². The van der Waals surface area contributed by atoms with Crippen molar-refractivity contribution in [2.45, 2.75) is 18.7 Å². The van der Waals surface area contributed by atoms with Crippen LogP contribution in [0.5, 0.6) is 11.5 Å². The number of hydrogen-bond acceptors (Lipinski definition) is 6. The van der Waals surface area contributed by atoms with E-state index in [1.165, 1.54) is 17.5 Å². The third-order valence-electron chi connectivity index (χ3n) is 4.31. The minimum Gasteiger partial charge on any atom is -0.497 e. The Kier molecular flexibility index (Phi) is 7.86. The number of ether oxygens (including phenoxy) is 2. The number of nitrogens with one attached hydrogen (secondary N) is 2. The van der Waals surface area contributed by atoms with E-state index in [0.717, 1.165) is 0 Å². The molecule has 1 amide bonds. The zero-order valence-electron chi connectivity index (χ0n) is 17.1. The van der Waals surface area contributed by atoms with E-state index in [1.54, 1.807) is 57.4 Å². The van der Waals surface area contributed by atoms with Crippen molar-refractivity contribution >= 4 is 27.3 Å². The van der Waals surface area contributed by atoms with E-state index in [4.69, 9.17) is 9.47 Å². The number of carbonyl (C=O) groups excluding carboxylic acids is 1. The van der Waals surface area contributed by atoms with Crippen molar-refractivity contribution in [2.75, 3.05) is 44.5 Å². The average molecular weight is 422 g/mol. The predicted octanol–water partition coefficient (Wildman–Crippen LogP) is 2.78. The van der Waals surface area contributed by atoms with Gasteiger partial charge in [0, 0.05) is 24.8 Å². The Morgan fingerprint density at radius 1 is 1.03 bits per heavy atom. The van der Waals surface area contributed by atoms with Gasteiger partial charge in [0.2, 0.25) is 15.9 Å². The molecule has 0 aliphatic carbocycles. The number of sulfonamides is 1. The number of rotatable bonds is 10. The molecular weight excluding hydrogens is 394 g/mol. The molecule has 2 rings (SSSR count). The molecule has 0 fully saturated rings. The maximum atomic E-state index is 12.6. The highest BCUT2D eigenvalue weighted by molar-refractivity contribution is 7.89. The molecule has 0 spiro atoms. The van der Waals surface area contributed by atoms with Gasteiger partial charge in [-0.2, -0.15) is 4.31 Å². The number of anilines is 2. The maximum Gasteiger partial charge on any atom is 0.243 e. The summed E-state index contributed by atoms with van der Waals surface area (Å²) in [4.78, 5) is 12.5. The van der Waals surface area contributed by atoms with E-state index in [0.29, 0.717) is 36.0 Å². The van der Waals surface area contributed by atoms with Crippen LogP contribution in [-0.2, 0) is 14.8 Å². The molecular formula is C20H27N3O5S. The topological polar surface area (TPSA) is 97.0 Å². The Morgan fingerprint density at radius 3 is 2.38 bits per heavy atom. The molecule has 29 heavy (non-hydrogen) atoms. The summed E-state index contributed by atoms with van der Waals surface area (Å²) >= 11 is 0. The van der Waals surface area contributed by atoms with Crippen molar-refractivity contribution in [3.05, 3.63) is 42.5 Å².